The van der Waals surface area contributed by atoms with E-state index < -0.39 is 0 Å². The average molecular weight is 360 g/mol. The molecule has 3 aromatic rings. The van der Waals surface area contributed by atoms with Gasteiger partial charge in [-0.05, 0) is 47.5 Å². The quantitative estimate of drug-likeness (QED) is 0.713. The van der Waals surface area contributed by atoms with Gasteiger partial charge in [-0.25, -0.2) is 0 Å². The second-order valence-corrected chi connectivity index (χ2v) is 6.53. The number of amides is 1. The van der Waals surface area contributed by atoms with E-state index in [1.807, 2.05) is 97.9 Å². The first-order chi connectivity index (χ1) is 13.1. The van der Waals surface area contributed by atoms with Crippen LogP contribution in [0.1, 0.15) is 27.5 Å². The number of anilines is 1. The normalized spacial score (nSPS) is 11.5. The van der Waals surface area contributed by atoms with E-state index in [2.05, 4.69) is 5.32 Å². The van der Waals surface area contributed by atoms with Gasteiger partial charge in [0.25, 0.3) is 5.91 Å². The van der Waals surface area contributed by atoms with E-state index in [1.54, 1.807) is 7.11 Å². The molecule has 0 spiro atoms. The van der Waals surface area contributed by atoms with Crippen LogP contribution in [0.2, 0.25) is 0 Å². The summed E-state index contributed by atoms with van der Waals surface area (Å²) in [4.78, 5) is 14.9. The SMILES string of the molecule is COc1ccc(C(NC(=O)c2ccc(N(C)C)cc2)c2ccccc2)cc1. The molecule has 0 heterocycles. The van der Waals surface area contributed by atoms with Crippen LogP contribution in [0.5, 0.6) is 5.75 Å². The second kappa shape index (κ2) is 8.41. The monoisotopic (exact) mass is 360 g/mol. The summed E-state index contributed by atoms with van der Waals surface area (Å²) in [5.41, 5.74) is 3.72. The minimum Gasteiger partial charge on any atom is -0.497 e. The maximum absolute atomic E-state index is 12.9. The number of benzene rings is 3. The fourth-order valence-electron chi connectivity index (χ4n) is 2.93. The zero-order valence-corrected chi connectivity index (χ0v) is 15.8. The Morgan fingerprint density at radius 3 is 2.00 bits per heavy atom. The lowest BCUT2D eigenvalue weighted by molar-refractivity contribution is 0.0943. The molecule has 1 unspecified atom stereocenters. The molecule has 1 amide bonds. The Morgan fingerprint density at radius 1 is 0.852 bits per heavy atom. The lowest BCUT2D eigenvalue weighted by atomic mass is 9.98. The molecular formula is C23H24N2O2. The number of hydrogen-bond acceptors (Lipinski definition) is 3. The highest BCUT2D eigenvalue weighted by Gasteiger charge is 2.18. The summed E-state index contributed by atoms with van der Waals surface area (Å²) in [6.07, 6.45) is 0. The van der Waals surface area contributed by atoms with Crippen LogP contribution in [0.15, 0.2) is 78.9 Å². The molecule has 27 heavy (non-hydrogen) atoms. The predicted octanol–water partition coefficient (Wildman–Crippen LogP) is 4.28. The Morgan fingerprint density at radius 2 is 1.44 bits per heavy atom. The summed E-state index contributed by atoms with van der Waals surface area (Å²) in [5, 5.41) is 3.16. The van der Waals surface area contributed by atoms with Gasteiger partial charge in [-0.3, -0.25) is 4.79 Å². The van der Waals surface area contributed by atoms with Crippen LogP contribution in [0.3, 0.4) is 0 Å². The number of rotatable bonds is 6. The van der Waals surface area contributed by atoms with Crippen molar-refractivity contribution in [2.75, 3.05) is 26.1 Å². The third-order valence-electron chi connectivity index (χ3n) is 4.50. The number of carbonyl (C=O) groups is 1. The Bertz CT molecular complexity index is 873. The molecule has 3 rings (SSSR count). The number of hydrogen-bond donors (Lipinski definition) is 1. The summed E-state index contributed by atoms with van der Waals surface area (Å²) in [5.74, 6) is 0.682. The first kappa shape index (κ1) is 18.5. The predicted molar refractivity (Wildman–Crippen MR) is 110 cm³/mol. The molecule has 0 aliphatic carbocycles. The van der Waals surface area contributed by atoms with Gasteiger partial charge in [-0.15, -0.1) is 0 Å². The molecule has 0 aromatic heterocycles. The van der Waals surface area contributed by atoms with E-state index in [0.29, 0.717) is 5.56 Å². The number of carbonyl (C=O) groups excluding carboxylic acids is 1. The van der Waals surface area contributed by atoms with Crippen molar-refractivity contribution >= 4 is 11.6 Å². The minimum absolute atomic E-state index is 0.107. The fourth-order valence-corrected chi connectivity index (χ4v) is 2.93. The summed E-state index contributed by atoms with van der Waals surface area (Å²) < 4.78 is 5.24. The van der Waals surface area contributed by atoms with Crippen LogP contribution in [0.4, 0.5) is 5.69 Å². The molecule has 0 aliphatic heterocycles. The third-order valence-corrected chi connectivity index (χ3v) is 4.50. The van der Waals surface area contributed by atoms with E-state index in [1.165, 1.54) is 0 Å². The smallest absolute Gasteiger partial charge is 0.252 e. The summed E-state index contributed by atoms with van der Waals surface area (Å²) in [7, 11) is 5.59. The van der Waals surface area contributed by atoms with Crippen LogP contribution in [-0.2, 0) is 0 Å². The van der Waals surface area contributed by atoms with Crippen LogP contribution in [0, 0.1) is 0 Å². The van der Waals surface area contributed by atoms with Gasteiger partial charge in [-0.1, -0.05) is 42.5 Å². The van der Waals surface area contributed by atoms with Gasteiger partial charge >= 0.3 is 0 Å². The summed E-state index contributed by atoms with van der Waals surface area (Å²) >= 11 is 0. The molecule has 1 N–H and O–H groups in total. The minimum atomic E-state index is -0.238. The van der Waals surface area contributed by atoms with E-state index in [0.717, 1.165) is 22.6 Å². The van der Waals surface area contributed by atoms with Crippen molar-refractivity contribution in [2.45, 2.75) is 6.04 Å². The third kappa shape index (κ3) is 4.47. The van der Waals surface area contributed by atoms with Crippen molar-refractivity contribution in [3.63, 3.8) is 0 Å². The van der Waals surface area contributed by atoms with Gasteiger partial charge < -0.3 is 15.0 Å². The average Bonchev–Trinajstić information content (AvgIpc) is 2.72. The van der Waals surface area contributed by atoms with Gasteiger partial charge in [-0.2, -0.15) is 0 Å². The Kier molecular flexibility index (Phi) is 5.77. The zero-order chi connectivity index (χ0) is 19.2. The maximum atomic E-state index is 12.9. The van der Waals surface area contributed by atoms with Crippen LogP contribution in [-0.4, -0.2) is 27.1 Å². The molecule has 0 aliphatic rings. The molecule has 0 radical (unpaired) electrons. The first-order valence-electron chi connectivity index (χ1n) is 8.85. The number of ether oxygens (including phenoxy) is 1. The molecule has 0 saturated carbocycles. The maximum Gasteiger partial charge on any atom is 0.252 e. The van der Waals surface area contributed by atoms with Crippen molar-refractivity contribution in [3.05, 3.63) is 95.6 Å². The topological polar surface area (TPSA) is 41.6 Å². The second-order valence-electron chi connectivity index (χ2n) is 6.53. The lowest BCUT2D eigenvalue weighted by Crippen LogP contribution is -2.29. The Labute approximate surface area is 160 Å². The lowest BCUT2D eigenvalue weighted by Gasteiger charge is -2.20. The van der Waals surface area contributed by atoms with Crippen LogP contribution in [0.25, 0.3) is 0 Å². The number of nitrogens with one attached hydrogen (secondary N) is 1. The molecule has 138 valence electrons. The summed E-state index contributed by atoms with van der Waals surface area (Å²) in [6, 6.07) is 25.1. The Hall–Kier alpha value is -3.27. The molecule has 0 bridgehead atoms. The van der Waals surface area contributed by atoms with E-state index in [-0.39, 0.29) is 11.9 Å². The van der Waals surface area contributed by atoms with E-state index in [4.69, 9.17) is 4.74 Å². The van der Waals surface area contributed by atoms with Gasteiger partial charge in [0.2, 0.25) is 0 Å². The molecule has 4 heteroatoms. The van der Waals surface area contributed by atoms with Crippen LogP contribution >= 0.6 is 0 Å². The molecule has 4 nitrogen and oxygen atoms in total. The highest BCUT2D eigenvalue weighted by atomic mass is 16.5. The molecule has 3 aromatic carbocycles. The summed E-state index contributed by atoms with van der Waals surface area (Å²) in [6.45, 7) is 0. The van der Waals surface area contributed by atoms with Crippen molar-refractivity contribution in [1.29, 1.82) is 0 Å². The van der Waals surface area contributed by atoms with Crippen molar-refractivity contribution in [2.24, 2.45) is 0 Å². The molecule has 0 fully saturated rings. The van der Waals surface area contributed by atoms with Gasteiger partial charge in [0.05, 0.1) is 13.2 Å². The standard InChI is InChI=1S/C23H24N2O2/c1-25(2)20-13-9-19(10-14-20)23(26)24-22(17-7-5-4-6-8-17)18-11-15-21(27-3)16-12-18/h4-16,22H,1-3H3,(H,24,26). The van der Waals surface area contributed by atoms with Gasteiger partial charge in [0.15, 0.2) is 0 Å². The van der Waals surface area contributed by atoms with Gasteiger partial charge in [0.1, 0.15) is 5.75 Å². The fraction of sp³-hybridized carbons (Fsp3) is 0.174. The highest BCUT2D eigenvalue weighted by Crippen LogP contribution is 2.25. The van der Waals surface area contributed by atoms with Crippen LogP contribution < -0.4 is 15.0 Å². The highest BCUT2D eigenvalue weighted by molar-refractivity contribution is 5.95. The van der Waals surface area contributed by atoms with E-state index >= 15 is 0 Å². The van der Waals surface area contributed by atoms with Crippen molar-refractivity contribution < 1.29 is 9.53 Å². The number of nitrogens with zero attached hydrogens (tertiary/aromatic N) is 1. The largest absolute Gasteiger partial charge is 0.497 e. The molecule has 1 atom stereocenters. The number of methoxy groups -OCH3 is 1. The molecule has 0 saturated heterocycles. The molecular weight excluding hydrogens is 336 g/mol. The first-order valence-corrected chi connectivity index (χ1v) is 8.85. The van der Waals surface area contributed by atoms with Crippen molar-refractivity contribution in [1.82, 2.24) is 5.32 Å². The van der Waals surface area contributed by atoms with Crippen molar-refractivity contribution in [3.8, 4) is 5.75 Å². The zero-order valence-electron chi connectivity index (χ0n) is 15.8. The van der Waals surface area contributed by atoms with Gasteiger partial charge in [0, 0.05) is 25.3 Å². The Balaban J connectivity index is 1.87. The van der Waals surface area contributed by atoms with E-state index in [9.17, 15) is 4.79 Å².